The maximum Gasteiger partial charge on any atom is 0.421 e. The van der Waals surface area contributed by atoms with Crippen molar-refractivity contribution in [1.29, 1.82) is 0 Å². The van der Waals surface area contributed by atoms with Crippen molar-refractivity contribution >= 4 is 18.2 Å². The maximum absolute atomic E-state index is 10.9. The largest absolute Gasteiger partial charge is 0.421 e. The predicted octanol–water partition coefficient (Wildman–Crippen LogP) is 6.86. The van der Waals surface area contributed by atoms with Crippen LogP contribution in [0.2, 0.25) is 0 Å². The lowest BCUT2D eigenvalue weighted by Crippen LogP contribution is -2.23. The van der Waals surface area contributed by atoms with Crippen LogP contribution in [0.3, 0.4) is 0 Å². The zero-order valence-corrected chi connectivity index (χ0v) is 19.2. The third-order valence-corrected chi connectivity index (χ3v) is 5.46. The summed E-state index contributed by atoms with van der Waals surface area (Å²) in [5.41, 5.74) is 0. The van der Waals surface area contributed by atoms with Crippen LogP contribution in [0.25, 0.3) is 0 Å². The molecule has 0 spiro atoms. The third kappa shape index (κ3) is 22.5. The molecule has 1 N–H and O–H groups in total. The fourth-order valence-electron chi connectivity index (χ4n) is 2.97. The van der Waals surface area contributed by atoms with Crippen molar-refractivity contribution in [2.45, 2.75) is 103 Å². The van der Waals surface area contributed by atoms with Crippen molar-refractivity contribution in [1.82, 2.24) is 0 Å². The van der Waals surface area contributed by atoms with Crippen LogP contribution < -0.4 is 0 Å². The molecule has 0 aliphatic heterocycles. The molecule has 0 radical (unpaired) electrons. The van der Waals surface area contributed by atoms with Gasteiger partial charge in [-0.25, -0.2) is 4.57 Å². The first kappa shape index (κ1) is 27.4. The lowest BCUT2D eigenvalue weighted by molar-refractivity contribution is -0.0160. The normalized spacial score (nSPS) is 15.0. The second kappa shape index (κ2) is 19.7. The maximum atomic E-state index is 10.9. The monoisotopic (exact) mass is 428 g/mol. The molecule has 0 aromatic rings. The van der Waals surface area contributed by atoms with Crippen LogP contribution in [-0.4, -0.2) is 37.9 Å². The van der Waals surface area contributed by atoms with Gasteiger partial charge in [-0.05, 0) is 6.42 Å². The van der Waals surface area contributed by atoms with Crippen molar-refractivity contribution in [2.75, 3.05) is 26.9 Å². The molecule has 0 fully saturated rings. The SMILES string of the molecule is CCCCCCCCCCCCCCCCOCC(COP(=O)(O)Cl)OC. The number of ether oxygens (including phenoxy) is 2. The smallest absolute Gasteiger partial charge is 0.379 e. The van der Waals surface area contributed by atoms with Gasteiger partial charge in [0.2, 0.25) is 0 Å². The average molecular weight is 429 g/mol. The molecule has 0 heterocycles. The van der Waals surface area contributed by atoms with E-state index in [1.54, 1.807) is 0 Å². The summed E-state index contributed by atoms with van der Waals surface area (Å²) < 4.78 is 26.2. The molecule has 0 aromatic heterocycles. The number of unbranched alkanes of at least 4 members (excludes halogenated alkanes) is 13. The van der Waals surface area contributed by atoms with Gasteiger partial charge in [0.25, 0.3) is 0 Å². The number of hydrogen-bond donors (Lipinski definition) is 1. The van der Waals surface area contributed by atoms with E-state index in [0.29, 0.717) is 13.2 Å². The third-order valence-electron chi connectivity index (χ3n) is 4.70. The van der Waals surface area contributed by atoms with Gasteiger partial charge < -0.3 is 14.4 Å². The van der Waals surface area contributed by atoms with Crippen LogP contribution in [-0.2, 0) is 18.6 Å². The first-order chi connectivity index (χ1) is 13.0. The highest BCUT2D eigenvalue weighted by atomic mass is 35.7. The molecule has 0 aromatic carbocycles. The molecule has 0 amide bonds. The van der Waals surface area contributed by atoms with Crippen LogP contribution in [0.5, 0.6) is 0 Å². The Morgan fingerprint density at radius 3 is 1.67 bits per heavy atom. The fraction of sp³-hybridized carbons (Fsp3) is 1.00. The number of methoxy groups -OCH3 is 1. The minimum atomic E-state index is -3.97. The molecule has 2 unspecified atom stereocenters. The van der Waals surface area contributed by atoms with Gasteiger partial charge in [0, 0.05) is 25.0 Å². The Kier molecular flexibility index (Phi) is 19.9. The standard InChI is InChI=1S/C20H42ClO5P/c1-3-4-5-6-7-8-9-10-11-12-13-14-15-16-17-25-18-20(24-2)19-26-27(21,22)23/h20H,3-19H2,1-2H3,(H,22,23). The first-order valence-electron chi connectivity index (χ1n) is 10.8. The van der Waals surface area contributed by atoms with E-state index in [-0.39, 0.29) is 12.7 Å². The summed E-state index contributed by atoms with van der Waals surface area (Å²) in [6, 6.07) is 0. The van der Waals surface area contributed by atoms with E-state index in [1.165, 1.54) is 90.6 Å². The summed E-state index contributed by atoms with van der Waals surface area (Å²) in [6.07, 6.45) is 18.3. The van der Waals surface area contributed by atoms with Gasteiger partial charge in [0.05, 0.1) is 13.2 Å². The van der Waals surface area contributed by atoms with Crippen LogP contribution in [0, 0.1) is 0 Å². The minimum absolute atomic E-state index is 0.0491. The zero-order chi connectivity index (χ0) is 20.2. The molecule has 0 aliphatic carbocycles. The van der Waals surface area contributed by atoms with Crippen molar-refractivity contribution in [2.24, 2.45) is 0 Å². The topological polar surface area (TPSA) is 65.0 Å². The van der Waals surface area contributed by atoms with Crippen LogP contribution >= 0.6 is 18.2 Å². The minimum Gasteiger partial charge on any atom is -0.379 e. The van der Waals surface area contributed by atoms with Crippen LogP contribution in [0.1, 0.15) is 96.8 Å². The first-order valence-corrected chi connectivity index (χ1v) is 13.3. The lowest BCUT2D eigenvalue weighted by Gasteiger charge is -2.15. The quantitative estimate of drug-likeness (QED) is 0.160. The molecule has 164 valence electrons. The van der Waals surface area contributed by atoms with Gasteiger partial charge >= 0.3 is 6.95 Å². The lowest BCUT2D eigenvalue weighted by atomic mass is 10.0. The molecule has 2 atom stereocenters. The summed E-state index contributed by atoms with van der Waals surface area (Å²) in [5, 5.41) is 0. The van der Waals surface area contributed by atoms with E-state index in [2.05, 4.69) is 11.4 Å². The number of hydrogen-bond acceptors (Lipinski definition) is 4. The Hall–Kier alpha value is 0.360. The van der Waals surface area contributed by atoms with Crippen molar-refractivity contribution < 1.29 is 23.5 Å². The molecule has 0 saturated heterocycles. The van der Waals surface area contributed by atoms with Crippen LogP contribution in [0.4, 0.5) is 0 Å². The Bertz CT molecular complexity index is 351. The molecule has 7 heteroatoms. The Morgan fingerprint density at radius 2 is 1.26 bits per heavy atom. The molecule has 0 aliphatic rings. The summed E-state index contributed by atoms with van der Waals surface area (Å²) in [7, 11) is 1.51. The van der Waals surface area contributed by atoms with E-state index in [4.69, 9.17) is 25.6 Å². The van der Waals surface area contributed by atoms with Gasteiger partial charge in [-0.2, -0.15) is 0 Å². The molecule has 5 nitrogen and oxygen atoms in total. The van der Waals surface area contributed by atoms with E-state index in [9.17, 15) is 4.57 Å². The highest BCUT2D eigenvalue weighted by molar-refractivity contribution is 7.80. The summed E-state index contributed by atoms with van der Waals surface area (Å²) >= 11 is 5.13. The Balaban J connectivity index is 3.25. The average Bonchev–Trinajstić information content (AvgIpc) is 2.63. The van der Waals surface area contributed by atoms with Gasteiger partial charge in [-0.1, -0.05) is 90.4 Å². The van der Waals surface area contributed by atoms with E-state index in [1.807, 2.05) is 0 Å². The van der Waals surface area contributed by atoms with Crippen molar-refractivity contribution in [3.63, 3.8) is 0 Å². The van der Waals surface area contributed by atoms with Gasteiger partial charge in [0.1, 0.15) is 6.10 Å². The number of halogens is 1. The van der Waals surface area contributed by atoms with Crippen molar-refractivity contribution in [3.8, 4) is 0 Å². The Labute approximate surface area is 171 Å². The molecular weight excluding hydrogens is 387 g/mol. The molecular formula is C20H42ClO5P. The molecule has 27 heavy (non-hydrogen) atoms. The van der Waals surface area contributed by atoms with E-state index in [0.717, 1.165) is 6.42 Å². The van der Waals surface area contributed by atoms with Gasteiger partial charge in [0.15, 0.2) is 0 Å². The highest BCUT2D eigenvalue weighted by Crippen LogP contribution is 2.47. The molecule has 0 rings (SSSR count). The molecule has 0 saturated carbocycles. The summed E-state index contributed by atoms with van der Waals surface area (Å²) in [6.45, 7) is -0.740. The zero-order valence-electron chi connectivity index (χ0n) is 17.5. The van der Waals surface area contributed by atoms with Gasteiger partial charge in [-0.15, -0.1) is 0 Å². The summed E-state index contributed by atoms with van der Waals surface area (Å²) in [4.78, 5) is 8.88. The summed E-state index contributed by atoms with van der Waals surface area (Å²) in [5.74, 6) is 0. The van der Waals surface area contributed by atoms with E-state index < -0.39 is 6.95 Å². The van der Waals surface area contributed by atoms with Crippen LogP contribution in [0.15, 0.2) is 0 Å². The van der Waals surface area contributed by atoms with E-state index >= 15 is 0 Å². The number of rotatable bonds is 21. The fourth-order valence-corrected chi connectivity index (χ4v) is 3.49. The molecule has 0 bridgehead atoms. The second-order valence-corrected chi connectivity index (χ2v) is 9.72. The van der Waals surface area contributed by atoms with Gasteiger partial charge in [-0.3, -0.25) is 4.52 Å². The highest BCUT2D eigenvalue weighted by Gasteiger charge is 2.18. The van der Waals surface area contributed by atoms with Crippen molar-refractivity contribution in [3.05, 3.63) is 0 Å². The Morgan fingerprint density at radius 1 is 0.815 bits per heavy atom. The predicted molar refractivity (Wildman–Crippen MR) is 114 cm³/mol. The second-order valence-electron chi connectivity index (χ2n) is 7.28.